The van der Waals surface area contributed by atoms with Crippen molar-refractivity contribution in [2.24, 2.45) is 7.05 Å². The average molecular weight is 544 g/mol. The molecule has 2 unspecified atom stereocenters. The minimum atomic E-state index is -0.313. The number of anilines is 1. The highest BCUT2D eigenvalue weighted by Gasteiger charge is 2.37. The zero-order chi connectivity index (χ0) is 28.4. The lowest BCUT2D eigenvalue weighted by Gasteiger charge is -2.49. The molecule has 9 nitrogen and oxygen atoms in total. The molecule has 0 spiro atoms. The minimum Gasteiger partial charge on any atom is -0.392 e. The van der Waals surface area contributed by atoms with E-state index in [0.29, 0.717) is 22.5 Å². The molecule has 0 amide bonds. The van der Waals surface area contributed by atoms with Crippen molar-refractivity contribution in [1.82, 2.24) is 24.3 Å². The second kappa shape index (κ2) is 12.0. The average Bonchev–Trinajstić information content (AvgIpc) is 2.98. The van der Waals surface area contributed by atoms with E-state index in [1.807, 2.05) is 0 Å². The fourth-order valence-electron chi connectivity index (χ4n) is 6.42. The topological polar surface area (TPSA) is 102 Å². The first-order valence-corrected chi connectivity index (χ1v) is 14.6. The van der Waals surface area contributed by atoms with Crippen LogP contribution in [0.4, 0.5) is 5.82 Å². The van der Waals surface area contributed by atoms with Crippen LogP contribution in [0.3, 0.4) is 0 Å². The molecule has 0 aliphatic carbocycles. The van der Waals surface area contributed by atoms with E-state index in [-0.39, 0.29) is 29.9 Å². The van der Waals surface area contributed by atoms with Crippen LogP contribution in [-0.4, -0.2) is 73.8 Å². The van der Waals surface area contributed by atoms with Crippen molar-refractivity contribution < 1.29 is 5.11 Å². The van der Waals surface area contributed by atoms with Crippen molar-refractivity contribution in [3.05, 3.63) is 63.7 Å². The number of pyridine rings is 1. The van der Waals surface area contributed by atoms with Gasteiger partial charge in [0.05, 0.1) is 11.6 Å². The molecule has 2 aromatic heterocycles. The van der Waals surface area contributed by atoms with Crippen LogP contribution < -0.4 is 10.6 Å². The van der Waals surface area contributed by atoms with Gasteiger partial charge in [0.25, 0.3) is 0 Å². The Kier molecular flexibility index (Phi) is 8.50. The summed E-state index contributed by atoms with van der Waals surface area (Å²) in [6.45, 7) is 10.9. The van der Waals surface area contributed by atoms with Crippen LogP contribution in [0, 0.1) is 11.3 Å². The largest absolute Gasteiger partial charge is 0.392 e. The summed E-state index contributed by atoms with van der Waals surface area (Å²) in [6.07, 6.45) is 3.61. The number of aryl methyl sites for hydroxylation is 1. The maximum Gasteiger partial charge on any atom is 0.349 e. The number of fused-ring (bicyclic) bond motifs is 1. The zero-order valence-corrected chi connectivity index (χ0v) is 24.1. The molecule has 2 fully saturated rings. The highest BCUT2D eigenvalue weighted by atomic mass is 16.3. The van der Waals surface area contributed by atoms with Gasteiger partial charge in [0.15, 0.2) is 5.82 Å². The molecular formula is C31H41N7O2. The second-order valence-electron chi connectivity index (χ2n) is 11.4. The Morgan fingerprint density at radius 3 is 2.48 bits per heavy atom. The minimum absolute atomic E-state index is 0.158. The number of piperazine rings is 1. The third-order valence-electron chi connectivity index (χ3n) is 8.85. The molecule has 4 atom stereocenters. The van der Waals surface area contributed by atoms with Gasteiger partial charge in [-0.1, -0.05) is 38.1 Å². The fourth-order valence-corrected chi connectivity index (χ4v) is 6.42. The first-order valence-electron chi connectivity index (χ1n) is 14.6. The third kappa shape index (κ3) is 5.62. The number of hydrogen-bond acceptors (Lipinski definition) is 8. The summed E-state index contributed by atoms with van der Waals surface area (Å²) in [5, 5.41) is 19.5. The fraction of sp³-hybridized carbons (Fsp3) is 0.548. The molecule has 2 aliphatic rings. The van der Waals surface area contributed by atoms with Gasteiger partial charge in [0.2, 0.25) is 0 Å². The zero-order valence-electron chi connectivity index (χ0n) is 24.1. The summed E-state index contributed by atoms with van der Waals surface area (Å²) in [6, 6.07) is 15.2. The molecular weight excluding hydrogens is 502 g/mol. The van der Waals surface area contributed by atoms with E-state index >= 15 is 0 Å². The molecule has 0 radical (unpaired) electrons. The number of aromatic nitrogens is 3. The highest BCUT2D eigenvalue weighted by molar-refractivity contribution is 5.86. The molecule has 2 saturated heterocycles. The van der Waals surface area contributed by atoms with E-state index in [1.54, 1.807) is 19.2 Å². The van der Waals surface area contributed by atoms with Crippen LogP contribution >= 0.6 is 0 Å². The van der Waals surface area contributed by atoms with Crippen molar-refractivity contribution in [3.8, 4) is 6.07 Å². The van der Waals surface area contributed by atoms with Crippen LogP contribution in [-0.2, 0) is 13.6 Å². The molecule has 9 heteroatoms. The quantitative estimate of drug-likeness (QED) is 0.483. The van der Waals surface area contributed by atoms with Gasteiger partial charge in [-0.25, -0.2) is 9.78 Å². The van der Waals surface area contributed by atoms with Gasteiger partial charge < -0.3 is 10.0 Å². The Labute approximate surface area is 236 Å². The van der Waals surface area contributed by atoms with Crippen molar-refractivity contribution in [1.29, 1.82) is 5.26 Å². The molecule has 1 N–H and O–H groups in total. The van der Waals surface area contributed by atoms with Crippen LogP contribution in [0.15, 0.2) is 41.2 Å². The maximum atomic E-state index is 12.8. The molecule has 4 heterocycles. The number of piperidine rings is 1. The molecule has 3 aromatic rings. The molecule has 2 aliphatic heterocycles. The molecule has 40 heavy (non-hydrogen) atoms. The molecule has 0 saturated carbocycles. The number of hydrogen-bond donors (Lipinski definition) is 1. The van der Waals surface area contributed by atoms with Crippen molar-refractivity contribution >= 4 is 16.9 Å². The lowest BCUT2D eigenvalue weighted by molar-refractivity contribution is 0.0668. The predicted octanol–water partition coefficient (Wildman–Crippen LogP) is 3.60. The number of rotatable bonds is 7. The van der Waals surface area contributed by atoms with Crippen molar-refractivity contribution in [3.63, 3.8) is 0 Å². The van der Waals surface area contributed by atoms with Gasteiger partial charge in [-0.3, -0.25) is 14.4 Å². The summed E-state index contributed by atoms with van der Waals surface area (Å²) >= 11 is 0. The summed E-state index contributed by atoms with van der Waals surface area (Å²) in [5.74, 6) is 0.583. The SMILES string of the molecule is CC[C@H]1CN(C(C)c2ccc(CN3CCCC(O)C3)cc2)[C@H](CC)CN1c1nc(=O)n(C)c2ccc(C#N)nc12. The maximum absolute atomic E-state index is 12.8. The molecule has 5 rings (SSSR count). The van der Waals surface area contributed by atoms with Gasteiger partial charge in [-0.15, -0.1) is 0 Å². The Morgan fingerprint density at radius 1 is 1.05 bits per heavy atom. The van der Waals surface area contributed by atoms with Gasteiger partial charge in [0, 0.05) is 51.4 Å². The number of nitriles is 1. The highest BCUT2D eigenvalue weighted by Crippen LogP contribution is 2.33. The number of aliphatic hydroxyl groups is 1. The Hall–Kier alpha value is -3.32. The summed E-state index contributed by atoms with van der Waals surface area (Å²) in [7, 11) is 1.70. The number of benzene rings is 1. The summed E-state index contributed by atoms with van der Waals surface area (Å²) in [5.41, 5.74) is 3.87. The number of aliphatic hydroxyl groups excluding tert-OH is 1. The van der Waals surface area contributed by atoms with E-state index < -0.39 is 0 Å². The molecule has 1 aromatic carbocycles. The standard InChI is InChI=1S/C31H41N7O2/c1-5-25-19-38(30-29-28(35(4)31(40)34-30)14-13-24(16-32)33-29)26(6-2)18-37(25)21(3)23-11-9-22(10-12-23)17-36-15-7-8-27(39)20-36/h9-14,21,25-27,39H,5-8,15,17-20H2,1-4H3/t21?,25-,26+,27?/m1/s1. The van der Waals surface area contributed by atoms with E-state index in [1.165, 1.54) is 15.7 Å². The number of β-amino-alcohol motifs (C(OH)–C–C–N with tert-alkyl or cyclic N) is 1. The normalized spacial score (nSPS) is 23.3. The third-order valence-corrected chi connectivity index (χ3v) is 8.85. The number of likely N-dealkylation sites (tertiary alicyclic amines) is 1. The summed E-state index contributed by atoms with van der Waals surface area (Å²) in [4.78, 5) is 29.1. The van der Waals surface area contributed by atoms with Gasteiger partial charge in [0.1, 0.15) is 17.3 Å². The smallest absolute Gasteiger partial charge is 0.349 e. The predicted molar refractivity (Wildman–Crippen MR) is 157 cm³/mol. The van der Waals surface area contributed by atoms with E-state index in [4.69, 9.17) is 0 Å². The first kappa shape index (κ1) is 28.2. The molecule has 212 valence electrons. The van der Waals surface area contributed by atoms with Gasteiger partial charge >= 0.3 is 5.69 Å². The Morgan fingerprint density at radius 2 is 1.80 bits per heavy atom. The van der Waals surface area contributed by atoms with Crippen LogP contribution in [0.2, 0.25) is 0 Å². The van der Waals surface area contributed by atoms with Crippen molar-refractivity contribution in [2.75, 3.05) is 31.1 Å². The van der Waals surface area contributed by atoms with Gasteiger partial charge in [-0.2, -0.15) is 10.2 Å². The van der Waals surface area contributed by atoms with Crippen LogP contribution in [0.25, 0.3) is 11.0 Å². The number of nitrogens with zero attached hydrogens (tertiary/aromatic N) is 7. The van der Waals surface area contributed by atoms with Crippen molar-refractivity contribution in [2.45, 2.75) is 77.2 Å². The van der Waals surface area contributed by atoms with E-state index in [2.05, 4.69) is 75.8 Å². The summed E-state index contributed by atoms with van der Waals surface area (Å²) < 4.78 is 1.50. The molecule has 0 bridgehead atoms. The lowest BCUT2D eigenvalue weighted by Crippen LogP contribution is -2.59. The van der Waals surface area contributed by atoms with Gasteiger partial charge in [-0.05, 0) is 62.4 Å². The Bertz CT molecular complexity index is 1430. The Balaban J connectivity index is 1.38. The monoisotopic (exact) mass is 543 g/mol. The lowest BCUT2D eigenvalue weighted by atomic mass is 9.96. The van der Waals surface area contributed by atoms with E-state index in [9.17, 15) is 15.2 Å². The van der Waals surface area contributed by atoms with E-state index in [0.717, 1.165) is 58.4 Å². The first-order chi connectivity index (χ1) is 19.3. The van der Waals surface area contributed by atoms with Crippen LogP contribution in [0.1, 0.15) is 69.3 Å². The second-order valence-corrected chi connectivity index (χ2v) is 11.4. The van der Waals surface area contributed by atoms with Crippen LogP contribution in [0.5, 0.6) is 0 Å².